The van der Waals surface area contributed by atoms with Crippen molar-refractivity contribution in [3.05, 3.63) is 54.7 Å². The van der Waals surface area contributed by atoms with Gasteiger partial charge >= 0.3 is 0 Å². The van der Waals surface area contributed by atoms with E-state index in [-0.39, 0.29) is 17.5 Å². The van der Waals surface area contributed by atoms with E-state index in [4.69, 9.17) is 4.74 Å². The summed E-state index contributed by atoms with van der Waals surface area (Å²) in [5.41, 5.74) is 1.31. The zero-order chi connectivity index (χ0) is 18.8. The molecule has 0 aliphatic carbocycles. The van der Waals surface area contributed by atoms with Crippen molar-refractivity contribution in [2.24, 2.45) is 0 Å². The average molecular weight is 366 g/mol. The number of fused-ring (bicyclic) bond motifs is 1. The van der Waals surface area contributed by atoms with E-state index in [0.717, 1.165) is 31.4 Å². The average Bonchev–Trinajstić information content (AvgIpc) is 3.11. The second-order valence-electron chi connectivity index (χ2n) is 6.55. The topological polar surface area (TPSA) is 67.4 Å². The fraction of sp³-hybridized carbons (Fsp3) is 0.250. The molecule has 0 saturated carbocycles. The Morgan fingerprint density at radius 3 is 2.85 bits per heavy atom. The zero-order valence-electron chi connectivity index (χ0n) is 14.9. The Bertz CT molecular complexity index is 977. The standard InChI is InChI=1S/C20H19FN4O2/c1-13(26)24-14-7-9-25(12-14)15-2-4-16(5-3-15)27-19-6-8-23-20-17(19)10-22-11-18(20)21/h2-6,8,10-11,14H,7,9,12H2,1H3,(H,24,26)/t14-/m0/s1. The summed E-state index contributed by atoms with van der Waals surface area (Å²) in [7, 11) is 0. The highest BCUT2D eigenvalue weighted by Gasteiger charge is 2.23. The second-order valence-corrected chi connectivity index (χ2v) is 6.55. The maximum Gasteiger partial charge on any atom is 0.217 e. The van der Waals surface area contributed by atoms with Gasteiger partial charge in [-0.15, -0.1) is 0 Å². The lowest BCUT2D eigenvalue weighted by Crippen LogP contribution is -2.35. The van der Waals surface area contributed by atoms with Gasteiger partial charge in [0.25, 0.3) is 0 Å². The molecule has 0 radical (unpaired) electrons. The molecule has 7 heteroatoms. The molecule has 1 N–H and O–H groups in total. The smallest absolute Gasteiger partial charge is 0.217 e. The van der Waals surface area contributed by atoms with Crippen LogP contribution in [0.15, 0.2) is 48.9 Å². The number of halogens is 1. The number of nitrogens with zero attached hydrogens (tertiary/aromatic N) is 3. The third-order valence-corrected chi connectivity index (χ3v) is 4.59. The van der Waals surface area contributed by atoms with Crippen molar-refractivity contribution in [1.82, 2.24) is 15.3 Å². The lowest BCUT2D eigenvalue weighted by molar-refractivity contribution is -0.119. The number of rotatable bonds is 4. The Morgan fingerprint density at radius 1 is 1.26 bits per heavy atom. The van der Waals surface area contributed by atoms with E-state index in [1.807, 2.05) is 24.3 Å². The van der Waals surface area contributed by atoms with Crippen molar-refractivity contribution < 1.29 is 13.9 Å². The van der Waals surface area contributed by atoms with Crippen molar-refractivity contribution >= 4 is 22.5 Å². The number of nitrogens with one attached hydrogen (secondary N) is 1. The van der Waals surface area contributed by atoms with E-state index in [0.29, 0.717) is 16.9 Å². The van der Waals surface area contributed by atoms with Crippen LogP contribution in [0.25, 0.3) is 10.9 Å². The Morgan fingerprint density at radius 2 is 2.07 bits per heavy atom. The SMILES string of the molecule is CC(=O)N[C@H]1CCN(c2ccc(Oc3ccnc4c(F)cncc34)cc2)C1. The summed E-state index contributed by atoms with van der Waals surface area (Å²) in [5, 5.41) is 3.49. The van der Waals surface area contributed by atoms with Gasteiger partial charge in [-0.2, -0.15) is 0 Å². The van der Waals surface area contributed by atoms with Crippen LogP contribution < -0.4 is 15.0 Å². The summed E-state index contributed by atoms with van der Waals surface area (Å²) in [6.07, 6.45) is 5.13. The molecule has 1 aliphatic heterocycles. The van der Waals surface area contributed by atoms with E-state index in [1.165, 1.54) is 6.20 Å². The van der Waals surface area contributed by atoms with E-state index in [1.54, 1.807) is 19.2 Å². The Balaban J connectivity index is 1.49. The van der Waals surface area contributed by atoms with Crippen LogP contribution in [-0.2, 0) is 4.79 Å². The molecule has 0 bridgehead atoms. The first kappa shape index (κ1) is 17.2. The minimum absolute atomic E-state index is 0.00102. The van der Waals surface area contributed by atoms with Gasteiger partial charge in [0.1, 0.15) is 17.0 Å². The number of amides is 1. The van der Waals surface area contributed by atoms with E-state index < -0.39 is 5.82 Å². The maximum absolute atomic E-state index is 13.8. The molecule has 3 heterocycles. The number of benzene rings is 1. The number of carbonyl (C=O) groups is 1. The summed E-state index contributed by atoms with van der Waals surface area (Å²) in [6.45, 7) is 3.23. The fourth-order valence-corrected chi connectivity index (χ4v) is 3.35. The van der Waals surface area contributed by atoms with Crippen molar-refractivity contribution in [2.75, 3.05) is 18.0 Å². The van der Waals surface area contributed by atoms with Gasteiger partial charge in [-0.25, -0.2) is 4.39 Å². The Labute approximate surface area is 156 Å². The number of ether oxygens (including phenoxy) is 1. The summed E-state index contributed by atoms with van der Waals surface area (Å²) in [5.74, 6) is 0.678. The molecule has 27 heavy (non-hydrogen) atoms. The second kappa shape index (κ2) is 7.19. The third-order valence-electron chi connectivity index (χ3n) is 4.59. The van der Waals surface area contributed by atoms with Crippen LogP contribution in [0.4, 0.5) is 10.1 Å². The number of anilines is 1. The van der Waals surface area contributed by atoms with Gasteiger partial charge in [-0.05, 0) is 36.8 Å². The zero-order valence-corrected chi connectivity index (χ0v) is 14.9. The maximum atomic E-state index is 13.8. The fourth-order valence-electron chi connectivity index (χ4n) is 3.35. The molecule has 1 aliphatic rings. The van der Waals surface area contributed by atoms with Crippen molar-refractivity contribution in [3.63, 3.8) is 0 Å². The van der Waals surface area contributed by atoms with E-state index >= 15 is 0 Å². The molecule has 1 atom stereocenters. The minimum Gasteiger partial charge on any atom is -0.457 e. The molecule has 2 aromatic heterocycles. The largest absolute Gasteiger partial charge is 0.457 e. The van der Waals surface area contributed by atoms with Gasteiger partial charge in [-0.1, -0.05) is 0 Å². The van der Waals surface area contributed by atoms with Gasteiger partial charge in [0, 0.05) is 44.1 Å². The number of aromatic nitrogens is 2. The van der Waals surface area contributed by atoms with E-state index in [2.05, 4.69) is 20.2 Å². The minimum atomic E-state index is -0.476. The third kappa shape index (κ3) is 3.67. The van der Waals surface area contributed by atoms with Crippen LogP contribution in [0, 0.1) is 5.82 Å². The van der Waals surface area contributed by atoms with Gasteiger partial charge in [0.05, 0.1) is 11.6 Å². The van der Waals surface area contributed by atoms with Crippen LogP contribution in [0.2, 0.25) is 0 Å². The first-order valence-electron chi connectivity index (χ1n) is 8.78. The van der Waals surface area contributed by atoms with Gasteiger partial charge in [0.2, 0.25) is 5.91 Å². The summed E-state index contributed by atoms with van der Waals surface area (Å²) < 4.78 is 19.7. The Hall–Kier alpha value is -3.22. The molecular weight excluding hydrogens is 347 g/mol. The molecule has 138 valence electrons. The molecule has 1 fully saturated rings. The van der Waals surface area contributed by atoms with Crippen molar-refractivity contribution in [1.29, 1.82) is 0 Å². The van der Waals surface area contributed by atoms with Crippen LogP contribution >= 0.6 is 0 Å². The number of carbonyl (C=O) groups excluding carboxylic acids is 1. The monoisotopic (exact) mass is 366 g/mol. The summed E-state index contributed by atoms with van der Waals surface area (Å²) in [6, 6.07) is 9.58. The van der Waals surface area contributed by atoms with Crippen molar-refractivity contribution in [2.45, 2.75) is 19.4 Å². The molecule has 6 nitrogen and oxygen atoms in total. The number of hydrogen-bond donors (Lipinski definition) is 1. The lowest BCUT2D eigenvalue weighted by Gasteiger charge is -2.19. The molecule has 1 aromatic carbocycles. The van der Waals surface area contributed by atoms with E-state index in [9.17, 15) is 9.18 Å². The van der Waals surface area contributed by atoms with Crippen LogP contribution in [0.1, 0.15) is 13.3 Å². The first-order valence-corrected chi connectivity index (χ1v) is 8.78. The Kier molecular flexibility index (Phi) is 4.58. The molecule has 1 amide bonds. The highest BCUT2D eigenvalue weighted by molar-refractivity contribution is 5.84. The van der Waals surface area contributed by atoms with Gasteiger partial charge < -0.3 is 15.0 Å². The van der Waals surface area contributed by atoms with Gasteiger partial charge in [0.15, 0.2) is 5.82 Å². The van der Waals surface area contributed by atoms with Crippen LogP contribution in [-0.4, -0.2) is 35.0 Å². The molecule has 1 saturated heterocycles. The molecule has 4 rings (SSSR count). The molecular formula is C20H19FN4O2. The lowest BCUT2D eigenvalue weighted by atomic mass is 10.2. The number of hydrogen-bond acceptors (Lipinski definition) is 5. The van der Waals surface area contributed by atoms with Crippen molar-refractivity contribution in [3.8, 4) is 11.5 Å². The van der Waals surface area contributed by atoms with Gasteiger partial charge in [-0.3, -0.25) is 14.8 Å². The quantitative estimate of drug-likeness (QED) is 0.768. The predicted molar refractivity (Wildman–Crippen MR) is 100 cm³/mol. The summed E-state index contributed by atoms with van der Waals surface area (Å²) in [4.78, 5) is 21.3. The summed E-state index contributed by atoms with van der Waals surface area (Å²) >= 11 is 0. The van der Waals surface area contributed by atoms with Crippen LogP contribution in [0.5, 0.6) is 11.5 Å². The molecule has 0 spiro atoms. The molecule has 3 aromatic rings. The van der Waals surface area contributed by atoms with Crippen LogP contribution in [0.3, 0.4) is 0 Å². The molecule has 0 unspecified atom stereocenters. The number of pyridine rings is 2. The highest BCUT2D eigenvalue weighted by atomic mass is 19.1. The first-order chi connectivity index (χ1) is 13.1. The predicted octanol–water partition coefficient (Wildman–Crippen LogP) is 3.28. The normalized spacial score (nSPS) is 16.5. The highest BCUT2D eigenvalue weighted by Crippen LogP contribution is 2.30.